The Balaban J connectivity index is 1.78. The first-order valence-electron chi connectivity index (χ1n) is 7.98. The molecule has 0 unspecified atom stereocenters. The Morgan fingerprint density at radius 2 is 1.60 bits per heavy atom. The van der Waals surface area contributed by atoms with Crippen molar-refractivity contribution in [1.82, 2.24) is 15.5 Å². The third kappa shape index (κ3) is 6.00. The minimum atomic E-state index is -0.294. The Hall–Kier alpha value is -2.73. The summed E-state index contributed by atoms with van der Waals surface area (Å²) in [5.74, 6) is -0.522. The number of likely N-dealkylation sites (N-methyl/N-ethyl adjacent to an activating group) is 1. The maximum atomic E-state index is 12.8. The van der Waals surface area contributed by atoms with Crippen LogP contribution in [-0.2, 0) is 17.9 Å². The minimum Gasteiger partial charge on any atom is -0.355 e. The van der Waals surface area contributed by atoms with Crippen molar-refractivity contribution in [3.63, 3.8) is 0 Å². The highest BCUT2D eigenvalue weighted by Gasteiger charge is 2.08. The van der Waals surface area contributed by atoms with Gasteiger partial charge in [0.25, 0.3) is 5.91 Å². The van der Waals surface area contributed by atoms with E-state index in [0.29, 0.717) is 18.7 Å². The van der Waals surface area contributed by atoms with Crippen molar-refractivity contribution in [3.05, 3.63) is 71.0 Å². The number of benzene rings is 2. The SMILES string of the molecule is CNC(=O)c1ccc(CN(C)CC(=O)NCc2ccc(F)cc2)cc1. The van der Waals surface area contributed by atoms with E-state index in [1.54, 1.807) is 31.3 Å². The fraction of sp³-hybridized carbons (Fsp3) is 0.263. The highest BCUT2D eigenvalue weighted by molar-refractivity contribution is 5.93. The molecule has 0 spiro atoms. The highest BCUT2D eigenvalue weighted by atomic mass is 19.1. The molecule has 0 saturated carbocycles. The predicted octanol–water partition coefficient (Wildman–Crippen LogP) is 1.93. The molecule has 2 amide bonds. The molecule has 0 aliphatic rings. The van der Waals surface area contributed by atoms with E-state index in [9.17, 15) is 14.0 Å². The summed E-state index contributed by atoms with van der Waals surface area (Å²) in [6.07, 6.45) is 0. The van der Waals surface area contributed by atoms with Crippen molar-refractivity contribution in [2.24, 2.45) is 0 Å². The fourth-order valence-electron chi connectivity index (χ4n) is 2.38. The molecule has 0 aliphatic carbocycles. The van der Waals surface area contributed by atoms with Gasteiger partial charge in [-0.25, -0.2) is 4.39 Å². The van der Waals surface area contributed by atoms with Crippen LogP contribution in [0.25, 0.3) is 0 Å². The van der Waals surface area contributed by atoms with Crippen molar-refractivity contribution >= 4 is 11.8 Å². The van der Waals surface area contributed by atoms with Gasteiger partial charge in [0, 0.05) is 25.7 Å². The number of nitrogens with zero attached hydrogens (tertiary/aromatic N) is 1. The standard InChI is InChI=1S/C19H22FN3O2/c1-21-19(25)16-7-3-15(4-8-16)12-23(2)13-18(24)22-11-14-5-9-17(20)10-6-14/h3-10H,11-13H2,1-2H3,(H,21,25)(H,22,24). The van der Waals surface area contributed by atoms with Crippen LogP contribution in [0.3, 0.4) is 0 Å². The van der Waals surface area contributed by atoms with Gasteiger partial charge in [0.05, 0.1) is 6.54 Å². The van der Waals surface area contributed by atoms with E-state index in [2.05, 4.69) is 10.6 Å². The number of halogens is 1. The van der Waals surface area contributed by atoms with Crippen LogP contribution in [-0.4, -0.2) is 37.4 Å². The Morgan fingerprint density at radius 1 is 1.00 bits per heavy atom. The van der Waals surface area contributed by atoms with E-state index in [1.807, 2.05) is 24.1 Å². The topological polar surface area (TPSA) is 61.4 Å². The molecule has 2 aromatic rings. The van der Waals surface area contributed by atoms with Crippen molar-refractivity contribution in [2.45, 2.75) is 13.1 Å². The summed E-state index contributed by atoms with van der Waals surface area (Å²) >= 11 is 0. The van der Waals surface area contributed by atoms with Gasteiger partial charge in [-0.05, 0) is 42.4 Å². The summed E-state index contributed by atoms with van der Waals surface area (Å²) in [6.45, 7) is 1.21. The molecule has 2 aromatic carbocycles. The van der Waals surface area contributed by atoms with Gasteiger partial charge in [0.15, 0.2) is 0 Å². The van der Waals surface area contributed by atoms with Crippen LogP contribution in [0.4, 0.5) is 4.39 Å². The second-order valence-corrected chi connectivity index (χ2v) is 5.85. The fourth-order valence-corrected chi connectivity index (χ4v) is 2.38. The van der Waals surface area contributed by atoms with E-state index in [-0.39, 0.29) is 24.2 Å². The zero-order chi connectivity index (χ0) is 18.2. The minimum absolute atomic E-state index is 0.103. The van der Waals surface area contributed by atoms with Gasteiger partial charge in [-0.2, -0.15) is 0 Å². The third-order valence-corrected chi connectivity index (χ3v) is 3.71. The van der Waals surface area contributed by atoms with Crippen molar-refractivity contribution in [1.29, 1.82) is 0 Å². The van der Waals surface area contributed by atoms with Gasteiger partial charge >= 0.3 is 0 Å². The molecular weight excluding hydrogens is 321 g/mol. The van der Waals surface area contributed by atoms with E-state index >= 15 is 0 Å². The Labute approximate surface area is 146 Å². The largest absolute Gasteiger partial charge is 0.355 e. The van der Waals surface area contributed by atoms with Crippen LogP contribution in [0.2, 0.25) is 0 Å². The summed E-state index contributed by atoms with van der Waals surface area (Å²) in [5, 5.41) is 5.39. The van der Waals surface area contributed by atoms with Crippen molar-refractivity contribution in [3.8, 4) is 0 Å². The molecule has 0 heterocycles. The molecule has 25 heavy (non-hydrogen) atoms. The molecule has 0 aromatic heterocycles. The average Bonchev–Trinajstić information content (AvgIpc) is 2.61. The molecule has 0 aliphatic heterocycles. The second-order valence-electron chi connectivity index (χ2n) is 5.85. The Bertz CT molecular complexity index is 714. The molecule has 0 bridgehead atoms. The van der Waals surface area contributed by atoms with E-state index in [0.717, 1.165) is 11.1 Å². The first-order valence-corrected chi connectivity index (χ1v) is 7.98. The number of amides is 2. The number of hydrogen-bond acceptors (Lipinski definition) is 3. The molecule has 2 N–H and O–H groups in total. The highest BCUT2D eigenvalue weighted by Crippen LogP contribution is 2.07. The van der Waals surface area contributed by atoms with Gasteiger partial charge < -0.3 is 10.6 Å². The molecule has 0 atom stereocenters. The molecule has 0 radical (unpaired) electrons. The maximum Gasteiger partial charge on any atom is 0.251 e. The number of carbonyl (C=O) groups is 2. The number of carbonyl (C=O) groups excluding carboxylic acids is 2. The van der Waals surface area contributed by atoms with Crippen molar-refractivity contribution < 1.29 is 14.0 Å². The van der Waals surface area contributed by atoms with Gasteiger partial charge in [-0.1, -0.05) is 24.3 Å². The van der Waals surface area contributed by atoms with E-state index in [4.69, 9.17) is 0 Å². The van der Waals surface area contributed by atoms with Crippen LogP contribution < -0.4 is 10.6 Å². The summed E-state index contributed by atoms with van der Waals surface area (Å²) < 4.78 is 12.8. The number of hydrogen-bond donors (Lipinski definition) is 2. The zero-order valence-corrected chi connectivity index (χ0v) is 14.4. The molecule has 132 valence electrons. The molecule has 5 nitrogen and oxygen atoms in total. The summed E-state index contributed by atoms with van der Waals surface area (Å²) in [6, 6.07) is 13.3. The lowest BCUT2D eigenvalue weighted by molar-refractivity contribution is -0.122. The molecule has 2 rings (SSSR count). The number of rotatable bonds is 7. The quantitative estimate of drug-likeness (QED) is 0.808. The van der Waals surface area contributed by atoms with Gasteiger partial charge in [-0.3, -0.25) is 14.5 Å². The monoisotopic (exact) mass is 343 g/mol. The normalized spacial score (nSPS) is 10.6. The van der Waals surface area contributed by atoms with E-state index < -0.39 is 0 Å². The van der Waals surface area contributed by atoms with Crippen LogP contribution in [0.5, 0.6) is 0 Å². The molecule has 6 heteroatoms. The van der Waals surface area contributed by atoms with Gasteiger partial charge in [0.2, 0.25) is 5.91 Å². The Morgan fingerprint density at radius 3 is 2.20 bits per heavy atom. The van der Waals surface area contributed by atoms with Gasteiger partial charge in [0.1, 0.15) is 5.82 Å². The van der Waals surface area contributed by atoms with Crippen molar-refractivity contribution in [2.75, 3.05) is 20.6 Å². The average molecular weight is 343 g/mol. The maximum absolute atomic E-state index is 12.8. The zero-order valence-electron chi connectivity index (χ0n) is 14.4. The van der Waals surface area contributed by atoms with Crippen LogP contribution >= 0.6 is 0 Å². The molecular formula is C19H22FN3O2. The summed E-state index contributed by atoms with van der Waals surface area (Å²) in [7, 11) is 3.44. The molecule has 0 saturated heterocycles. The lowest BCUT2D eigenvalue weighted by atomic mass is 10.1. The first-order chi connectivity index (χ1) is 12.0. The Kier molecular flexibility index (Phi) is 6.65. The molecule has 0 fully saturated rings. The summed E-state index contributed by atoms with van der Waals surface area (Å²) in [5.41, 5.74) is 2.47. The van der Waals surface area contributed by atoms with Crippen LogP contribution in [0.15, 0.2) is 48.5 Å². The predicted molar refractivity (Wildman–Crippen MR) is 94.4 cm³/mol. The first kappa shape index (κ1) is 18.6. The second kappa shape index (κ2) is 8.94. The smallest absolute Gasteiger partial charge is 0.251 e. The number of nitrogens with one attached hydrogen (secondary N) is 2. The van der Waals surface area contributed by atoms with Crippen LogP contribution in [0, 0.1) is 5.82 Å². The lowest BCUT2D eigenvalue weighted by Crippen LogP contribution is -2.34. The third-order valence-electron chi connectivity index (χ3n) is 3.71. The van der Waals surface area contributed by atoms with Gasteiger partial charge in [-0.15, -0.1) is 0 Å². The van der Waals surface area contributed by atoms with E-state index in [1.165, 1.54) is 12.1 Å². The van der Waals surface area contributed by atoms with Crippen LogP contribution in [0.1, 0.15) is 21.5 Å². The lowest BCUT2D eigenvalue weighted by Gasteiger charge is -2.16. The summed E-state index contributed by atoms with van der Waals surface area (Å²) in [4.78, 5) is 25.4.